The highest BCUT2D eigenvalue weighted by molar-refractivity contribution is 5.86. The molecule has 0 unspecified atom stereocenters. The highest BCUT2D eigenvalue weighted by Gasteiger charge is 2.10. The molecule has 0 fully saturated rings. The van der Waals surface area contributed by atoms with Gasteiger partial charge in [0.1, 0.15) is 6.61 Å². The molecule has 1 N–H and O–H groups in total. The average Bonchev–Trinajstić information content (AvgIpc) is 2.28. The lowest BCUT2D eigenvalue weighted by Crippen LogP contribution is -2.29. The first-order valence-electron chi connectivity index (χ1n) is 6.45. The number of carbonyl (C=O) groups excluding carboxylic acids is 2. The Morgan fingerprint density at radius 3 is 2.32 bits per heavy atom. The Morgan fingerprint density at radius 1 is 1.16 bits per heavy atom. The Bertz CT molecular complexity index is 318. The van der Waals surface area contributed by atoms with Gasteiger partial charge in [0.15, 0.2) is 0 Å². The van der Waals surface area contributed by atoms with Crippen LogP contribution in [0.5, 0.6) is 0 Å². The molecule has 0 spiro atoms. The lowest BCUT2D eigenvalue weighted by molar-refractivity contribution is -0.138. The van der Waals surface area contributed by atoms with Crippen molar-refractivity contribution in [3.63, 3.8) is 0 Å². The number of esters is 1. The third-order valence-electron chi connectivity index (χ3n) is 2.26. The van der Waals surface area contributed by atoms with E-state index in [1.807, 2.05) is 0 Å². The van der Waals surface area contributed by atoms with E-state index in [0.29, 0.717) is 12.2 Å². The van der Waals surface area contributed by atoms with E-state index >= 15 is 0 Å². The van der Waals surface area contributed by atoms with Gasteiger partial charge in [0.05, 0.1) is 13.2 Å². The van der Waals surface area contributed by atoms with Crippen LogP contribution in [-0.4, -0.2) is 31.8 Å². The van der Waals surface area contributed by atoms with Crippen LogP contribution >= 0.6 is 0 Å². The molecule has 0 saturated carbocycles. The molecular weight excluding hydrogens is 246 g/mol. The molecule has 5 nitrogen and oxygen atoms in total. The minimum Gasteiger partial charge on any atom is -0.460 e. The molecule has 0 aromatic rings. The van der Waals surface area contributed by atoms with Crippen LogP contribution in [0.4, 0.5) is 4.79 Å². The zero-order valence-electron chi connectivity index (χ0n) is 12.4. The van der Waals surface area contributed by atoms with Gasteiger partial charge in [0.25, 0.3) is 0 Å². The smallest absolute Gasteiger partial charge is 0.407 e. The van der Waals surface area contributed by atoms with E-state index in [9.17, 15) is 9.59 Å². The Kier molecular flexibility index (Phi) is 7.87. The monoisotopic (exact) mass is 271 g/mol. The van der Waals surface area contributed by atoms with Crippen molar-refractivity contribution in [1.82, 2.24) is 5.32 Å². The van der Waals surface area contributed by atoms with Crippen molar-refractivity contribution in [1.29, 1.82) is 0 Å². The van der Waals surface area contributed by atoms with Crippen molar-refractivity contribution in [2.75, 3.05) is 19.8 Å². The van der Waals surface area contributed by atoms with Gasteiger partial charge in [-0.15, -0.1) is 0 Å². The van der Waals surface area contributed by atoms with Crippen LogP contribution in [0.2, 0.25) is 0 Å². The second-order valence-corrected chi connectivity index (χ2v) is 5.64. The van der Waals surface area contributed by atoms with Crippen molar-refractivity contribution in [3.05, 3.63) is 12.2 Å². The Balaban J connectivity index is 3.50. The van der Waals surface area contributed by atoms with Gasteiger partial charge in [-0.05, 0) is 25.2 Å². The molecule has 110 valence electrons. The second-order valence-electron chi connectivity index (χ2n) is 5.64. The first kappa shape index (κ1) is 17.5. The van der Waals surface area contributed by atoms with Gasteiger partial charge < -0.3 is 14.8 Å². The third kappa shape index (κ3) is 11.3. The van der Waals surface area contributed by atoms with E-state index in [2.05, 4.69) is 32.7 Å². The predicted molar refractivity (Wildman–Crippen MR) is 73.8 cm³/mol. The summed E-state index contributed by atoms with van der Waals surface area (Å²) in [5.41, 5.74) is 0.584. The molecule has 0 aliphatic heterocycles. The number of carbonyl (C=O) groups is 2. The fourth-order valence-corrected chi connectivity index (χ4v) is 1.24. The first-order chi connectivity index (χ1) is 8.72. The molecular formula is C14H25NO4. The Hall–Kier alpha value is -1.52. The average molecular weight is 271 g/mol. The van der Waals surface area contributed by atoms with Crippen LogP contribution in [0.1, 0.15) is 40.5 Å². The molecule has 1 amide bonds. The molecule has 0 rings (SSSR count). The molecule has 0 saturated heterocycles. The zero-order valence-corrected chi connectivity index (χ0v) is 12.4. The van der Waals surface area contributed by atoms with Gasteiger partial charge in [0, 0.05) is 5.57 Å². The van der Waals surface area contributed by atoms with E-state index in [0.717, 1.165) is 12.8 Å². The fraction of sp³-hybridized carbons (Fsp3) is 0.714. The van der Waals surface area contributed by atoms with Crippen LogP contribution < -0.4 is 5.32 Å². The van der Waals surface area contributed by atoms with Gasteiger partial charge >= 0.3 is 12.1 Å². The van der Waals surface area contributed by atoms with Crippen LogP contribution in [0.15, 0.2) is 12.2 Å². The van der Waals surface area contributed by atoms with Crippen molar-refractivity contribution in [2.45, 2.75) is 40.5 Å². The molecule has 0 bridgehead atoms. The van der Waals surface area contributed by atoms with Gasteiger partial charge in [-0.3, -0.25) is 0 Å². The molecule has 19 heavy (non-hydrogen) atoms. The lowest BCUT2D eigenvalue weighted by atomic mass is 9.91. The van der Waals surface area contributed by atoms with Crippen molar-refractivity contribution >= 4 is 12.1 Å². The maximum atomic E-state index is 11.3. The largest absolute Gasteiger partial charge is 0.460 e. The lowest BCUT2D eigenvalue weighted by Gasteiger charge is -2.17. The van der Waals surface area contributed by atoms with E-state index < -0.39 is 12.1 Å². The first-order valence-corrected chi connectivity index (χ1v) is 6.45. The third-order valence-corrected chi connectivity index (χ3v) is 2.26. The number of hydrogen-bond donors (Lipinski definition) is 1. The summed E-state index contributed by atoms with van der Waals surface area (Å²) >= 11 is 0. The van der Waals surface area contributed by atoms with Crippen LogP contribution in [0.3, 0.4) is 0 Å². The van der Waals surface area contributed by atoms with E-state index in [1.54, 1.807) is 6.92 Å². The van der Waals surface area contributed by atoms with Gasteiger partial charge in [-0.2, -0.15) is 0 Å². The summed E-state index contributed by atoms with van der Waals surface area (Å²) in [6.45, 7) is 12.2. The summed E-state index contributed by atoms with van der Waals surface area (Å²) < 4.78 is 9.80. The highest BCUT2D eigenvalue weighted by Crippen LogP contribution is 2.20. The minimum absolute atomic E-state index is 0.114. The van der Waals surface area contributed by atoms with E-state index in [-0.39, 0.29) is 18.6 Å². The molecule has 5 heteroatoms. The summed E-state index contributed by atoms with van der Waals surface area (Å²) in [5.74, 6) is -0.458. The molecule has 0 aromatic heterocycles. The van der Waals surface area contributed by atoms with Gasteiger partial charge in [0.2, 0.25) is 0 Å². The van der Waals surface area contributed by atoms with Crippen LogP contribution in [0, 0.1) is 5.41 Å². The number of rotatable bonds is 7. The molecule has 0 aromatic carbocycles. The minimum atomic E-state index is -0.486. The number of alkyl carbamates (subject to hydrolysis) is 1. The zero-order chi connectivity index (χ0) is 14.9. The number of hydrogen-bond acceptors (Lipinski definition) is 4. The highest BCUT2D eigenvalue weighted by atomic mass is 16.6. The summed E-state index contributed by atoms with van der Waals surface area (Å²) in [6, 6.07) is 0. The summed E-state index contributed by atoms with van der Waals surface area (Å²) in [6.07, 6.45) is 1.35. The number of amides is 1. The maximum absolute atomic E-state index is 11.3. The Labute approximate surface area is 115 Å². The second kappa shape index (κ2) is 8.56. The van der Waals surface area contributed by atoms with E-state index in [1.165, 1.54) is 0 Å². The molecule has 0 aliphatic carbocycles. The Morgan fingerprint density at radius 2 is 1.79 bits per heavy atom. The van der Waals surface area contributed by atoms with Gasteiger partial charge in [-0.25, -0.2) is 9.59 Å². The summed E-state index contributed by atoms with van der Waals surface area (Å²) in [4.78, 5) is 22.3. The summed E-state index contributed by atoms with van der Waals surface area (Å²) in [7, 11) is 0. The van der Waals surface area contributed by atoms with Crippen LogP contribution in [0.25, 0.3) is 0 Å². The SMILES string of the molecule is C=C(C)C(=O)OCCNC(=O)OCCCC(C)(C)C. The number of nitrogens with one attached hydrogen (secondary N) is 1. The standard InChI is InChI=1S/C14H25NO4/c1-11(2)12(16)18-10-8-15-13(17)19-9-6-7-14(3,4)5/h1,6-10H2,2-5H3,(H,15,17). The normalized spacial score (nSPS) is 10.7. The number of ether oxygens (including phenoxy) is 2. The molecule has 0 radical (unpaired) electrons. The maximum Gasteiger partial charge on any atom is 0.407 e. The molecule has 0 aliphatic rings. The van der Waals surface area contributed by atoms with Gasteiger partial charge in [-0.1, -0.05) is 27.4 Å². The molecule has 0 heterocycles. The molecule has 0 atom stereocenters. The van der Waals surface area contributed by atoms with E-state index in [4.69, 9.17) is 9.47 Å². The quantitative estimate of drug-likeness (QED) is 0.439. The van der Waals surface area contributed by atoms with Crippen molar-refractivity contribution in [2.24, 2.45) is 5.41 Å². The van der Waals surface area contributed by atoms with Crippen molar-refractivity contribution < 1.29 is 19.1 Å². The predicted octanol–water partition coefficient (Wildman–Crippen LogP) is 2.66. The fourth-order valence-electron chi connectivity index (χ4n) is 1.24. The topological polar surface area (TPSA) is 64.6 Å². The van der Waals surface area contributed by atoms with Crippen molar-refractivity contribution in [3.8, 4) is 0 Å². The summed E-state index contributed by atoms with van der Waals surface area (Å²) in [5, 5.41) is 2.51. The van der Waals surface area contributed by atoms with Crippen LogP contribution in [-0.2, 0) is 14.3 Å².